The van der Waals surface area contributed by atoms with Gasteiger partial charge in [-0.25, -0.2) is 0 Å². The second kappa shape index (κ2) is 12.3. The molecule has 0 fully saturated rings. The number of thioether (sulfide) groups is 1. The van der Waals surface area contributed by atoms with Gasteiger partial charge < -0.3 is 15.0 Å². The average Bonchev–Trinajstić information content (AvgIpc) is 2.77. The highest BCUT2D eigenvalue weighted by Gasteiger charge is 2.26. The molecule has 0 saturated carbocycles. The third-order valence-electron chi connectivity index (χ3n) is 5.02. The summed E-state index contributed by atoms with van der Waals surface area (Å²) in [7, 11) is 1.64. The van der Waals surface area contributed by atoms with Crippen LogP contribution in [-0.2, 0) is 21.9 Å². The van der Waals surface area contributed by atoms with Crippen LogP contribution in [0.2, 0.25) is 0 Å². The van der Waals surface area contributed by atoms with Gasteiger partial charge >= 0.3 is 0 Å². The fourth-order valence-electron chi connectivity index (χ4n) is 2.89. The number of nitrogens with zero attached hydrogens (tertiary/aromatic N) is 1. The average molecular weight is 429 g/mol. The molecule has 2 aromatic carbocycles. The first-order valence-corrected chi connectivity index (χ1v) is 11.4. The molecule has 0 aliphatic heterocycles. The fraction of sp³-hybridized carbons (Fsp3) is 0.417. The Morgan fingerprint density at radius 3 is 2.30 bits per heavy atom. The molecule has 0 unspecified atom stereocenters. The largest absolute Gasteiger partial charge is 0.497 e. The van der Waals surface area contributed by atoms with Gasteiger partial charge in [-0.15, -0.1) is 11.8 Å². The maximum atomic E-state index is 13.0. The summed E-state index contributed by atoms with van der Waals surface area (Å²) in [4.78, 5) is 27.4. The van der Waals surface area contributed by atoms with Crippen molar-refractivity contribution in [2.45, 2.75) is 51.6 Å². The first-order chi connectivity index (χ1) is 14.4. The number of benzene rings is 2. The zero-order valence-corrected chi connectivity index (χ0v) is 19.1. The molecule has 0 aliphatic carbocycles. The minimum Gasteiger partial charge on any atom is -0.497 e. The summed E-state index contributed by atoms with van der Waals surface area (Å²) in [5.41, 5.74) is 2.14. The third-order valence-corrected chi connectivity index (χ3v) is 6.01. The van der Waals surface area contributed by atoms with Crippen molar-refractivity contribution in [3.8, 4) is 5.75 Å². The van der Waals surface area contributed by atoms with Crippen molar-refractivity contribution in [2.24, 2.45) is 0 Å². The molecule has 0 bridgehead atoms. The summed E-state index contributed by atoms with van der Waals surface area (Å²) in [6.45, 7) is 6.21. The molecule has 0 saturated heterocycles. The minimum absolute atomic E-state index is 0.0378. The number of methoxy groups -OCH3 is 1. The topological polar surface area (TPSA) is 58.6 Å². The molecule has 0 spiro atoms. The number of hydrogen-bond donors (Lipinski definition) is 1. The van der Waals surface area contributed by atoms with E-state index in [0.29, 0.717) is 12.3 Å². The van der Waals surface area contributed by atoms with Crippen LogP contribution in [0.15, 0.2) is 54.6 Å². The molecular formula is C24H32N2O3S. The smallest absolute Gasteiger partial charge is 0.242 e. The molecule has 1 N–H and O–H groups in total. The number of ether oxygens (including phenoxy) is 1. The Kier molecular flexibility index (Phi) is 9.74. The molecule has 162 valence electrons. The SMILES string of the molecule is CC[C@@H](C)NC(=O)[C@@H](C)N(Cc1ccccc1)C(=O)CSCc1ccc(OC)cc1. The van der Waals surface area contributed by atoms with Gasteiger partial charge in [0, 0.05) is 18.3 Å². The van der Waals surface area contributed by atoms with Crippen LogP contribution in [0.25, 0.3) is 0 Å². The molecule has 0 radical (unpaired) electrons. The summed E-state index contributed by atoms with van der Waals surface area (Å²) < 4.78 is 5.18. The first kappa shape index (κ1) is 23.8. The van der Waals surface area contributed by atoms with Crippen molar-refractivity contribution < 1.29 is 14.3 Å². The van der Waals surface area contributed by atoms with E-state index in [1.165, 1.54) is 0 Å². The van der Waals surface area contributed by atoms with E-state index in [0.717, 1.165) is 29.1 Å². The van der Waals surface area contributed by atoms with Crippen molar-refractivity contribution >= 4 is 23.6 Å². The van der Waals surface area contributed by atoms with Crippen LogP contribution < -0.4 is 10.1 Å². The lowest BCUT2D eigenvalue weighted by atomic mass is 10.1. The predicted molar refractivity (Wildman–Crippen MR) is 124 cm³/mol. The Balaban J connectivity index is 2.02. The monoisotopic (exact) mass is 428 g/mol. The molecule has 0 heterocycles. The van der Waals surface area contributed by atoms with Gasteiger partial charge in [-0.05, 0) is 43.5 Å². The number of nitrogens with one attached hydrogen (secondary N) is 1. The zero-order chi connectivity index (χ0) is 21.9. The van der Waals surface area contributed by atoms with E-state index >= 15 is 0 Å². The summed E-state index contributed by atoms with van der Waals surface area (Å²) in [5.74, 6) is 1.70. The highest BCUT2D eigenvalue weighted by atomic mass is 32.2. The Morgan fingerprint density at radius 1 is 1.03 bits per heavy atom. The summed E-state index contributed by atoms with van der Waals surface area (Å²) in [5, 5.41) is 2.99. The van der Waals surface area contributed by atoms with Gasteiger partial charge in [0.1, 0.15) is 11.8 Å². The molecule has 2 amide bonds. The van der Waals surface area contributed by atoms with Crippen LogP contribution in [0.1, 0.15) is 38.3 Å². The second-order valence-corrected chi connectivity index (χ2v) is 8.33. The lowest BCUT2D eigenvalue weighted by Gasteiger charge is -2.29. The van der Waals surface area contributed by atoms with Gasteiger partial charge in [-0.1, -0.05) is 49.4 Å². The highest BCUT2D eigenvalue weighted by Crippen LogP contribution is 2.18. The van der Waals surface area contributed by atoms with Gasteiger partial charge in [0.05, 0.1) is 12.9 Å². The van der Waals surface area contributed by atoms with E-state index in [9.17, 15) is 9.59 Å². The first-order valence-electron chi connectivity index (χ1n) is 10.3. The quantitative estimate of drug-likeness (QED) is 0.581. The molecule has 6 heteroatoms. The fourth-order valence-corrected chi connectivity index (χ4v) is 3.76. The molecule has 2 rings (SSSR count). The maximum absolute atomic E-state index is 13.0. The van der Waals surface area contributed by atoms with Gasteiger partial charge in [0.2, 0.25) is 11.8 Å². The second-order valence-electron chi connectivity index (χ2n) is 7.34. The normalized spacial score (nSPS) is 12.7. The van der Waals surface area contributed by atoms with Crippen LogP contribution in [0.3, 0.4) is 0 Å². The predicted octanol–water partition coefficient (Wildman–Crippen LogP) is 4.26. The number of rotatable bonds is 11. The minimum atomic E-state index is -0.534. The standard InChI is InChI=1S/C24H32N2O3S/c1-5-18(2)25-24(28)19(3)26(15-20-9-7-6-8-10-20)23(27)17-30-16-21-11-13-22(29-4)14-12-21/h6-14,18-19H,5,15-17H2,1-4H3,(H,25,28)/t18-,19-/m1/s1. The van der Waals surface area contributed by atoms with E-state index in [1.807, 2.05) is 68.4 Å². The van der Waals surface area contributed by atoms with E-state index < -0.39 is 6.04 Å². The van der Waals surface area contributed by atoms with Gasteiger partial charge in [0.25, 0.3) is 0 Å². The Hall–Kier alpha value is -2.47. The number of amides is 2. The van der Waals surface area contributed by atoms with Crippen LogP contribution in [0.5, 0.6) is 5.75 Å². The lowest BCUT2D eigenvalue weighted by Crippen LogP contribution is -2.50. The van der Waals surface area contributed by atoms with Crippen LogP contribution in [-0.4, -0.2) is 41.7 Å². The van der Waals surface area contributed by atoms with Crippen molar-refractivity contribution in [1.82, 2.24) is 10.2 Å². The molecule has 5 nitrogen and oxygen atoms in total. The number of hydrogen-bond acceptors (Lipinski definition) is 4. The van der Waals surface area contributed by atoms with E-state index in [1.54, 1.807) is 30.7 Å². The molecule has 2 atom stereocenters. The highest BCUT2D eigenvalue weighted by molar-refractivity contribution is 7.99. The molecule has 0 aromatic heterocycles. The van der Waals surface area contributed by atoms with Crippen LogP contribution in [0, 0.1) is 0 Å². The summed E-state index contributed by atoms with van der Waals surface area (Å²) in [6, 6.07) is 17.2. The Morgan fingerprint density at radius 2 is 1.70 bits per heavy atom. The van der Waals surface area contributed by atoms with Crippen molar-refractivity contribution in [2.75, 3.05) is 12.9 Å². The van der Waals surface area contributed by atoms with Crippen LogP contribution >= 0.6 is 11.8 Å². The maximum Gasteiger partial charge on any atom is 0.242 e. The Labute approximate surface area is 184 Å². The Bertz CT molecular complexity index is 796. The number of carbonyl (C=O) groups excluding carboxylic acids is 2. The van der Waals surface area contributed by atoms with Crippen molar-refractivity contribution in [1.29, 1.82) is 0 Å². The zero-order valence-electron chi connectivity index (χ0n) is 18.3. The van der Waals surface area contributed by atoms with E-state index in [4.69, 9.17) is 4.74 Å². The molecule has 2 aromatic rings. The lowest BCUT2D eigenvalue weighted by molar-refractivity contribution is -0.138. The van der Waals surface area contributed by atoms with Crippen molar-refractivity contribution in [3.05, 3.63) is 65.7 Å². The van der Waals surface area contributed by atoms with Gasteiger partial charge in [0.15, 0.2) is 0 Å². The molecule has 0 aliphatic rings. The third kappa shape index (κ3) is 7.41. The molecular weight excluding hydrogens is 396 g/mol. The van der Waals surface area contributed by atoms with Gasteiger partial charge in [-0.3, -0.25) is 9.59 Å². The summed E-state index contributed by atoms with van der Waals surface area (Å²) in [6.07, 6.45) is 0.850. The van der Waals surface area contributed by atoms with Gasteiger partial charge in [-0.2, -0.15) is 0 Å². The number of carbonyl (C=O) groups is 2. The van der Waals surface area contributed by atoms with E-state index in [-0.39, 0.29) is 17.9 Å². The summed E-state index contributed by atoms with van der Waals surface area (Å²) >= 11 is 1.55. The van der Waals surface area contributed by atoms with Crippen LogP contribution in [0.4, 0.5) is 0 Å². The molecule has 30 heavy (non-hydrogen) atoms. The van der Waals surface area contributed by atoms with Crippen molar-refractivity contribution in [3.63, 3.8) is 0 Å². The van der Waals surface area contributed by atoms with E-state index in [2.05, 4.69) is 5.32 Å².